The van der Waals surface area contributed by atoms with Crippen molar-refractivity contribution in [2.45, 2.75) is 44.7 Å². The zero-order chi connectivity index (χ0) is 11.2. The molecule has 16 heavy (non-hydrogen) atoms. The smallest absolute Gasteiger partial charge is 0.0837 e. The second-order valence-electron chi connectivity index (χ2n) is 4.93. The Hall–Kier alpha value is -0.540. The van der Waals surface area contributed by atoms with E-state index >= 15 is 0 Å². The highest BCUT2D eigenvalue weighted by Gasteiger charge is 2.50. The van der Waals surface area contributed by atoms with E-state index in [0.29, 0.717) is 0 Å². The van der Waals surface area contributed by atoms with Crippen LogP contribution >= 0.6 is 11.6 Å². The van der Waals surface area contributed by atoms with Gasteiger partial charge < -0.3 is 5.32 Å². The average molecular weight is 240 g/mol. The van der Waals surface area contributed by atoms with Gasteiger partial charge in [-0.15, -0.1) is 0 Å². The van der Waals surface area contributed by atoms with Crippen molar-refractivity contribution in [3.8, 4) is 0 Å². The normalized spacial score (nSPS) is 29.9. The third kappa shape index (κ3) is 1.41. The molecule has 0 radical (unpaired) electrons. The number of halogens is 1. The average Bonchev–Trinajstić information content (AvgIpc) is 2.92. The van der Waals surface area contributed by atoms with E-state index in [0.717, 1.165) is 24.0 Å². The largest absolute Gasteiger partial charge is 0.306 e. The van der Waals surface area contributed by atoms with Crippen LogP contribution in [0.1, 0.15) is 38.3 Å². The minimum absolute atomic E-state index is 0.129. The maximum absolute atomic E-state index is 6.34. The molecule has 0 amide bonds. The van der Waals surface area contributed by atoms with Gasteiger partial charge in [0.1, 0.15) is 0 Å². The van der Waals surface area contributed by atoms with Crippen molar-refractivity contribution in [2.75, 3.05) is 6.54 Å². The van der Waals surface area contributed by atoms with Crippen molar-refractivity contribution in [1.82, 2.24) is 15.1 Å². The van der Waals surface area contributed by atoms with Gasteiger partial charge in [-0.2, -0.15) is 5.10 Å². The lowest BCUT2D eigenvalue weighted by atomic mass is 9.87. The third-order valence-corrected chi connectivity index (χ3v) is 4.26. The van der Waals surface area contributed by atoms with E-state index in [2.05, 4.69) is 22.0 Å². The first-order chi connectivity index (χ1) is 7.78. The Kier molecular flexibility index (Phi) is 2.48. The maximum atomic E-state index is 6.34. The zero-order valence-electron chi connectivity index (χ0n) is 9.67. The van der Waals surface area contributed by atoms with Crippen molar-refractivity contribution >= 4 is 11.6 Å². The summed E-state index contributed by atoms with van der Waals surface area (Å²) in [5.41, 5.74) is 1.36. The van der Waals surface area contributed by atoms with Crippen LogP contribution in [-0.2, 0) is 12.1 Å². The van der Waals surface area contributed by atoms with Crippen LogP contribution in [0.5, 0.6) is 0 Å². The lowest BCUT2D eigenvalue weighted by molar-refractivity contribution is 0.308. The van der Waals surface area contributed by atoms with Crippen LogP contribution in [0.25, 0.3) is 0 Å². The van der Waals surface area contributed by atoms with Crippen molar-refractivity contribution in [2.24, 2.45) is 5.92 Å². The van der Waals surface area contributed by atoms with Gasteiger partial charge in [-0.25, -0.2) is 0 Å². The molecule has 2 fully saturated rings. The number of aromatic nitrogens is 2. The number of aryl methyl sites for hydroxylation is 1. The molecule has 1 aromatic rings. The first-order valence-electron chi connectivity index (χ1n) is 6.25. The Balaban J connectivity index is 2.07. The Morgan fingerprint density at radius 1 is 1.62 bits per heavy atom. The molecule has 1 aliphatic heterocycles. The monoisotopic (exact) mass is 239 g/mol. The van der Waals surface area contributed by atoms with Crippen LogP contribution in [-0.4, -0.2) is 16.3 Å². The van der Waals surface area contributed by atoms with Gasteiger partial charge >= 0.3 is 0 Å². The quantitative estimate of drug-likeness (QED) is 0.879. The zero-order valence-corrected chi connectivity index (χ0v) is 10.4. The molecule has 1 atom stereocenters. The topological polar surface area (TPSA) is 29.9 Å². The van der Waals surface area contributed by atoms with E-state index in [1.54, 1.807) is 6.20 Å². The van der Waals surface area contributed by atoms with E-state index in [-0.39, 0.29) is 5.54 Å². The van der Waals surface area contributed by atoms with Gasteiger partial charge in [0, 0.05) is 6.54 Å². The number of hydrogen-bond donors (Lipinski definition) is 1. The van der Waals surface area contributed by atoms with E-state index in [1.807, 2.05) is 0 Å². The first kappa shape index (κ1) is 10.6. The van der Waals surface area contributed by atoms with Gasteiger partial charge in [0.15, 0.2) is 0 Å². The molecule has 88 valence electrons. The van der Waals surface area contributed by atoms with Crippen LogP contribution < -0.4 is 5.32 Å². The molecular weight excluding hydrogens is 222 g/mol. The second kappa shape index (κ2) is 3.74. The summed E-state index contributed by atoms with van der Waals surface area (Å²) < 4.78 is 2.07. The summed E-state index contributed by atoms with van der Waals surface area (Å²) in [5, 5.41) is 8.92. The molecule has 1 saturated carbocycles. The second-order valence-corrected chi connectivity index (χ2v) is 5.34. The van der Waals surface area contributed by atoms with E-state index < -0.39 is 0 Å². The summed E-state index contributed by atoms with van der Waals surface area (Å²) in [5.74, 6) is 0.773. The molecule has 1 aliphatic carbocycles. The van der Waals surface area contributed by atoms with Gasteiger partial charge in [-0.3, -0.25) is 4.68 Å². The molecule has 1 unspecified atom stereocenters. The summed E-state index contributed by atoms with van der Waals surface area (Å²) in [7, 11) is 0. The van der Waals surface area contributed by atoms with Crippen LogP contribution in [0, 0.1) is 5.92 Å². The molecule has 2 aliphatic rings. The SMILES string of the molecule is CCn1ncc(Cl)c1C1(C2CC2)CCCN1. The van der Waals surface area contributed by atoms with Gasteiger partial charge in [0.05, 0.1) is 22.5 Å². The number of hydrogen-bond acceptors (Lipinski definition) is 2. The highest BCUT2D eigenvalue weighted by molar-refractivity contribution is 6.31. The molecule has 3 rings (SSSR count). The number of nitrogens with zero attached hydrogens (tertiary/aromatic N) is 2. The Bertz CT molecular complexity index is 389. The van der Waals surface area contributed by atoms with Gasteiger partial charge in [0.25, 0.3) is 0 Å². The Morgan fingerprint density at radius 3 is 3.00 bits per heavy atom. The fourth-order valence-electron chi connectivity index (χ4n) is 3.13. The maximum Gasteiger partial charge on any atom is 0.0837 e. The molecule has 1 aromatic heterocycles. The summed E-state index contributed by atoms with van der Waals surface area (Å²) in [6, 6.07) is 0. The first-order valence-corrected chi connectivity index (χ1v) is 6.62. The fourth-order valence-corrected chi connectivity index (χ4v) is 3.44. The van der Waals surface area contributed by atoms with Gasteiger partial charge in [-0.1, -0.05) is 11.6 Å². The van der Waals surface area contributed by atoms with Gasteiger partial charge in [-0.05, 0) is 45.1 Å². The molecule has 0 bridgehead atoms. The van der Waals surface area contributed by atoms with E-state index in [4.69, 9.17) is 11.6 Å². The lowest BCUT2D eigenvalue weighted by Gasteiger charge is -2.31. The summed E-state index contributed by atoms with van der Waals surface area (Å²) >= 11 is 6.34. The lowest BCUT2D eigenvalue weighted by Crippen LogP contribution is -2.41. The fraction of sp³-hybridized carbons (Fsp3) is 0.750. The molecular formula is C12H18ClN3. The summed E-state index contributed by atoms with van der Waals surface area (Å²) in [6.45, 7) is 4.14. The molecule has 0 aromatic carbocycles. The van der Waals surface area contributed by atoms with Crippen molar-refractivity contribution < 1.29 is 0 Å². The summed E-state index contributed by atoms with van der Waals surface area (Å²) in [6.07, 6.45) is 6.92. The number of rotatable bonds is 3. The standard InChI is InChI=1S/C12H18ClN3/c1-2-16-11(10(13)8-15-16)12(9-4-5-9)6-3-7-14-12/h8-9,14H,2-7H2,1H3. The van der Waals surface area contributed by atoms with Crippen LogP contribution in [0.3, 0.4) is 0 Å². The Labute approximate surface area is 101 Å². The highest BCUT2D eigenvalue weighted by Crippen LogP contribution is 2.51. The Morgan fingerprint density at radius 2 is 2.44 bits per heavy atom. The predicted molar refractivity (Wildman–Crippen MR) is 64.5 cm³/mol. The van der Waals surface area contributed by atoms with Crippen LogP contribution in [0.15, 0.2) is 6.20 Å². The minimum Gasteiger partial charge on any atom is -0.306 e. The molecule has 1 N–H and O–H groups in total. The van der Waals surface area contributed by atoms with Crippen molar-refractivity contribution in [3.63, 3.8) is 0 Å². The third-order valence-electron chi connectivity index (χ3n) is 3.98. The number of nitrogens with one attached hydrogen (secondary N) is 1. The van der Waals surface area contributed by atoms with Crippen molar-refractivity contribution in [1.29, 1.82) is 0 Å². The molecule has 1 saturated heterocycles. The van der Waals surface area contributed by atoms with Crippen LogP contribution in [0.2, 0.25) is 5.02 Å². The van der Waals surface area contributed by atoms with Crippen LogP contribution in [0.4, 0.5) is 0 Å². The molecule has 2 heterocycles. The summed E-state index contributed by atoms with van der Waals surface area (Å²) in [4.78, 5) is 0. The van der Waals surface area contributed by atoms with E-state index in [9.17, 15) is 0 Å². The molecule has 0 spiro atoms. The van der Waals surface area contributed by atoms with E-state index in [1.165, 1.54) is 31.4 Å². The molecule has 4 heteroatoms. The predicted octanol–water partition coefficient (Wildman–Crippen LogP) is 2.55. The van der Waals surface area contributed by atoms with Gasteiger partial charge in [0.2, 0.25) is 0 Å². The van der Waals surface area contributed by atoms with Crippen molar-refractivity contribution in [3.05, 3.63) is 16.9 Å². The molecule has 3 nitrogen and oxygen atoms in total. The minimum atomic E-state index is 0.129. The highest BCUT2D eigenvalue weighted by atomic mass is 35.5.